The summed E-state index contributed by atoms with van der Waals surface area (Å²) in [4.78, 5) is 10.6. The fraction of sp³-hybridized carbons (Fsp3) is 0. The summed E-state index contributed by atoms with van der Waals surface area (Å²) in [6, 6.07) is 8.37. The highest BCUT2D eigenvalue weighted by atomic mass is 16.5. The van der Waals surface area contributed by atoms with Crippen LogP contribution >= 0.6 is 0 Å². The molecule has 1 N–H and O–H groups in total. The van der Waals surface area contributed by atoms with Crippen LogP contribution in [0.25, 0.3) is 11.3 Å². The highest BCUT2D eigenvalue weighted by Gasteiger charge is 2.11. The van der Waals surface area contributed by atoms with Crippen LogP contribution in [0.4, 0.5) is 0 Å². The van der Waals surface area contributed by atoms with E-state index in [1.807, 2.05) is 0 Å². The van der Waals surface area contributed by atoms with Crippen molar-refractivity contribution in [1.29, 1.82) is 0 Å². The first-order chi connectivity index (χ1) is 7.70. The Morgan fingerprint density at radius 2 is 2.06 bits per heavy atom. The molecule has 0 aliphatic heterocycles. The highest BCUT2D eigenvalue weighted by molar-refractivity contribution is 5.86. The Labute approximate surface area is 91.5 Å². The van der Waals surface area contributed by atoms with Crippen molar-refractivity contribution in [2.24, 2.45) is 0 Å². The molecular weight excluding hydrogens is 206 g/mol. The van der Waals surface area contributed by atoms with Gasteiger partial charge in [-0.25, -0.2) is 4.79 Å². The van der Waals surface area contributed by atoms with Gasteiger partial charge in [0.15, 0.2) is 11.5 Å². The Morgan fingerprint density at radius 3 is 2.56 bits per heavy atom. The van der Waals surface area contributed by atoms with Gasteiger partial charge < -0.3 is 9.63 Å². The molecule has 0 aliphatic rings. The fourth-order valence-corrected chi connectivity index (χ4v) is 1.24. The zero-order chi connectivity index (χ0) is 11.5. The molecule has 0 atom stereocenters. The minimum absolute atomic E-state index is 0.115. The van der Waals surface area contributed by atoms with Gasteiger partial charge in [-0.1, -0.05) is 11.1 Å². The molecule has 1 aromatic carbocycles. The van der Waals surface area contributed by atoms with E-state index >= 15 is 0 Å². The first kappa shape index (κ1) is 9.99. The number of hydrogen-bond donors (Lipinski definition) is 1. The lowest BCUT2D eigenvalue weighted by Gasteiger charge is -1.94. The van der Waals surface area contributed by atoms with Crippen molar-refractivity contribution in [1.82, 2.24) is 5.16 Å². The molecule has 2 aromatic rings. The molecule has 78 valence electrons. The van der Waals surface area contributed by atoms with Gasteiger partial charge in [0, 0.05) is 17.2 Å². The topological polar surface area (TPSA) is 63.3 Å². The fourth-order valence-electron chi connectivity index (χ4n) is 1.24. The van der Waals surface area contributed by atoms with Gasteiger partial charge in [0.25, 0.3) is 0 Å². The first-order valence-corrected chi connectivity index (χ1v) is 4.48. The van der Waals surface area contributed by atoms with E-state index in [2.05, 4.69) is 11.1 Å². The molecule has 0 fully saturated rings. The summed E-state index contributed by atoms with van der Waals surface area (Å²) in [5.74, 6) is 1.78. The summed E-state index contributed by atoms with van der Waals surface area (Å²) >= 11 is 0. The molecule has 1 aromatic heterocycles. The number of rotatable bonds is 2. The second-order valence-corrected chi connectivity index (χ2v) is 3.10. The van der Waals surface area contributed by atoms with Crippen molar-refractivity contribution in [2.45, 2.75) is 0 Å². The van der Waals surface area contributed by atoms with E-state index in [0.29, 0.717) is 5.76 Å². The van der Waals surface area contributed by atoms with Gasteiger partial charge in [-0.2, -0.15) is 0 Å². The Kier molecular flexibility index (Phi) is 2.44. The Hall–Kier alpha value is -2.54. The summed E-state index contributed by atoms with van der Waals surface area (Å²) in [6.45, 7) is 0. The lowest BCUT2D eigenvalue weighted by molar-refractivity contribution is 0.0686. The van der Waals surface area contributed by atoms with Crippen LogP contribution in [0.3, 0.4) is 0 Å². The van der Waals surface area contributed by atoms with E-state index in [4.69, 9.17) is 16.1 Å². The second-order valence-electron chi connectivity index (χ2n) is 3.10. The van der Waals surface area contributed by atoms with Crippen molar-refractivity contribution in [3.63, 3.8) is 0 Å². The summed E-state index contributed by atoms with van der Waals surface area (Å²) in [5, 5.41) is 12.1. The second kappa shape index (κ2) is 3.91. The number of aromatic carboxylic acids is 1. The molecule has 0 aliphatic carbocycles. The van der Waals surface area contributed by atoms with E-state index < -0.39 is 5.97 Å². The minimum Gasteiger partial charge on any atom is -0.476 e. The van der Waals surface area contributed by atoms with Gasteiger partial charge in [0.1, 0.15) is 0 Å². The van der Waals surface area contributed by atoms with Gasteiger partial charge in [-0.05, 0) is 24.3 Å². The summed E-state index contributed by atoms with van der Waals surface area (Å²) in [7, 11) is 0. The molecule has 0 radical (unpaired) electrons. The number of hydrogen-bond acceptors (Lipinski definition) is 3. The van der Waals surface area contributed by atoms with E-state index in [9.17, 15) is 4.79 Å². The number of carboxylic acids is 1. The molecule has 1 heterocycles. The first-order valence-electron chi connectivity index (χ1n) is 4.48. The quantitative estimate of drug-likeness (QED) is 0.775. The van der Waals surface area contributed by atoms with Crippen LogP contribution < -0.4 is 0 Å². The molecule has 2 rings (SSSR count). The van der Waals surface area contributed by atoms with Gasteiger partial charge in [0.2, 0.25) is 0 Å². The molecule has 4 nitrogen and oxygen atoms in total. The third-order valence-corrected chi connectivity index (χ3v) is 2.07. The molecule has 0 saturated carbocycles. The predicted molar refractivity (Wildman–Crippen MR) is 56.8 cm³/mol. The smallest absolute Gasteiger partial charge is 0.358 e. The van der Waals surface area contributed by atoms with Gasteiger partial charge in [-0.15, -0.1) is 6.42 Å². The van der Waals surface area contributed by atoms with Crippen LogP contribution in [-0.2, 0) is 0 Å². The lowest BCUT2D eigenvalue weighted by atomic mass is 10.1. The van der Waals surface area contributed by atoms with Crippen molar-refractivity contribution in [2.75, 3.05) is 0 Å². The third-order valence-electron chi connectivity index (χ3n) is 2.07. The molecule has 0 unspecified atom stereocenters. The van der Waals surface area contributed by atoms with Crippen LogP contribution in [0.15, 0.2) is 34.9 Å². The summed E-state index contributed by atoms with van der Waals surface area (Å²) in [6.07, 6.45) is 5.22. The third kappa shape index (κ3) is 1.79. The van der Waals surface area contributed by atoms with Crippen molar-refractivity contribution in [3.8, 4) is 23.7 Å². The SMILES string of the molecule is C#Cc1ccc(-c2cc(C(=O)O)no2)cc1. The molecule has 16 heavy (non-hydrogen) atoms. The predicted octanol–water partition coefficient (Wildman–Crippen LogP) is 2.02. The average Bonchev–Trinajstić information content (AvgIpc) is 2.78. The van der Waals surface area contributed by atoms with E-state index in [1.165, 1.54) is 6.07 Å². The Morgan fingerprint density at radius 1 is 1.38 bits per heavy atom. The number of carbonyl (C=O) groups is 1. The maximum atomic E-state index is 10.6. The summed E-state index contributed by atoms with van der Waals surface area (Å²) in [5.41, 5.74) is 1.37. The molecule has 4 heteroatoms. The highest BCUT2D eigenvalue weighted by Crippen LogP contribution is 2.20. The van der Waals surface area contributed by atoms with Gasteiger partial charge in [0.05, 0.1) is 0 Å². The van der Waals surface area contributed by atoms with Crippen LogP contribution in [0.2, 0.25) is 0 Å². The van der Waals surface area contributed by atoms with Crippen LogP contribution in [0.5, 0.6) is 0 Å². The van der Waals surface area contributed by atoms with E-state index in [0.717, 1.165) is 11.1 Å². The van der Waals surface area contributed by atoms with Crippen LogP contribution in [-0.4, -0.2) is 16.2 Å². The summed E-state index contributed by atoms with van der Waals surface area (Å²) < 4.78 is 4.90. The van der Waals surface area contributed by atoms with Crippen molar-refractivity contribution in [3.05, 3.63) is 41.6 Å². The zero-order valence-electron chi connectivity index (χ0n) is 8.18. The minimum atomic E-state index is -1.12. The Bertz CT molecular complexity index is 561. The maximum Gasteiger partial charge on any atom is 0.358 e. The molecule has 0 spiro atoms. The van der Waals surface area contributed by atoms with Crippen molar-refractivity contribution >= 4 is 5.97 Å². The van der Waals surface area contributed by atoms with Crippen LogP contribution in [0, 0.1) is 12.3 Å². The van der Waals surface area contributed by atoms with E-state index in [1.54, 1.807) is 24.3 Å². The molecule has 0 saturated heterocycles. The van der Waals surface area contributed by atoms with E-state index in [-0.39, 0.29) is 5.69 Å². The number of carboxylic acid groups (broad SMARTS) is 1. The molecular formula is C12H7NO3. The van der Waals surface area contributed by atoms with Crippen LogP contribution in [0.1, 0.15) is 16.1 Å². The molecule has 0 amide bonds. The standard InChI is InChI=1S/C12H7NO3/c1-2-8-3-5-9(6-4-8)11-7-10(12(14)15)13-16-11/h1,3-7H,(H,14,15). The number of nitrogens with zero attached hydrogens (tertiary/aromatic N) is 1. The largest absolute Gasteiger partial charge is 0.476 e. The normalized spacial score (nSPS) is 9.69. The Balaban J connectivity index is 2.36. The van der Waals surface area contributed by atoms with Gasteiger partial charge in [-0.3, -0.25) is 0 Å². The monoisotopic (exact) mass is 213 g/mol. The average molecular weight is 213 g/mol. The number of terminal acetylenes is 1. The van der Waals surface area contributed by atoms with Gasteiger partial charge >= 0.3 is 5.97 Å². The maximum absolute atomic E-state index is 10.6. The number of benzene rings is 1. The number of aromatic nitrogens is 1. The zero-order valence-corrected chi connectivity index (χ0v) is 8.18. The lowest BCUT2D eigenvalue weighted by Crippen LogP contribution is -1.94. The van der Waals surface area contributed by atoms with Crippen molar-refractivity contribution < 1.29 is 14.4 Å². The molecule has 0 bridgehead atoms.